The Morgan fingerprint density at radius 2 is 1.50 bits per heavy atom. The van der Waals surface area contributed by atoms with E-state index < -0.39 is 0 Å². The molecule has 0 unspecified atom stereocenters. The van der Waals surface area contributed by atoms with E-state index >= 15 is 0 Å². The summed E-state index contributed by atoms with van der Waals surface area (Å²) in [6.07, 6.45) is 0.947. The minimum Gasteiger partial charge on any atom is -0.385 e. The Kier molecular flexibility index (Phi) is 9.92. The lowest BCUT2D eigenvalue weighted by atomic mass is 10.1. The lowest BCUT2D eigenvalue weighted by Gasteiger charge is -2.20. The molecule has 0 amide bonds. The van der Waals surface area contributed by atoms with Crippen molar-refractivity contribution >= 4 is 0 Å². The molecule has 0 aromatic heterocycles. The van der Waals surface area contributed by atoms with Gasteiger partial charge in [-0.1, -0.05) is 0 Å². The summed E-state index contributed by atoms with van der Waals surface area (Å²) in [5.74, 6) is 0. The standard InChI is InChI=1S/C12H27NO3/c1-12(2,3)13-6-9-16-11-10-15-8-5-7-14-4/h13H,5-11H2,1-4H3. The van der Waals surface area contributed by atoms with Gasteiger partial charge in [0.2, 0.25) is 0 Å². The molecule has 16 heavy (non-hydrogen) atoms. The molecule has 98 valence electrons. The van der Waals surface area contributed by atoms with E-state index in [4.69, 9.17) is 14.2 Å². The fraction of sp³-hybridized carbons (Fsp3) is 1.00. The summed E-state index contributed by atoms with van der Waals surface area (Å²) in [7, 11) is 1.70. The van der Waals surface area contributed by atoms with E-state index in [1.807, 2.05) is 0 Å². The van der Waals surface area contributed by atoms with Crippen LogP contribution in [0.2, 0.25) is 0 Å². The van der Waals surface area contributed by atoms with Crippen LogP contribution in [-0.2, 0) is 14.2 Å². The second-order valence-corrected chi connectivity index (χ2v) is 4.75. The van der Waals surface area contributed by atoms with Gasteiger partial charge in [-0.05, 0) is 27.2 Å². The van der Waals surface area contributed by atoms with Crippen molar-refractivity contribution in [1.29, 1.82) is 0 Å². The van der Waals surface area contributed by atoms with Gasteiger partial charge in [-0.2, -0.15) is 0 Å². The van der Waals surface area contributed by atoms with Crippen molar-refractivity contribution in [3.05, 3.63) is 0 Å². The first-order chi connectivity index (χ1) is 7.56. The summed E-state index contributed by atoms with van der Waals surface area (Å²) in [5, 5.41) is 3.36. The van der Waals surface area contributed by atoms with Crippen molar-refractivity contribution < 1.29 is 14.2 Å². The zero-order valence-corrected chi connectivity index (χ0v) is 11.2. The molecular formula is C12H27NO3. The largest absolute Gasteiger partial charge is 0.385 e. The van der Waals surface area contributed by atoms with Gasteiger partial charge in [-0.3, -0.25) is 0 Å². The van der Waals surface area contributed by atoms with Crippen molar-refractivity contribution in [2.45, 2.75) is 32.7 Å². The first kappa shape index (κ1) is 15.8. The van der Waals surface area contributed by atoms with Crippen molar-refractivity contribution in [1.82, 2.24) is 5.32 Å². The van der Waals surface area contributed by atoms with E-state index in [1.165, 1.54) is 0 Å². The summed E-state index contributed by atoms with van der Waals surface area (Å²) >= 11 is 0. The number of hydrogen-bond donors (Lipinski definition) is 1. The third kappa shape index (κ3) is 13.8. The van der Waals surface area contributed by atoms with Crippen molar-refractivity contribution in [3.8, 4) is 0 Å². The zero-order chi connectivity index (χ0) is 12.3. The Balaban J connectivity index is 2.99. The number of nitrogens with one attached hydrogen (secondary N) is 1. The number of methoxy groups -OCH3 is 1. The third-order valence-corrected chi connectivity index (χ3v) is 1.91. The third-order valence-electron chi connectivity index (χ3n) is 1.91. The van der Waals surface area contributed by atoms with Crippen LogP contribution in [0.4, 0.5) is 0 Å². The molecule has 0 aliphatic heterocycles. The predicted octanol–water partition coefficient (Wildman–Crippen LogP) is 1.44. The van der Waals surface area contributed by atoms with Gasteiger partial charge in [0.25, 0.3) is 0 Å². The lowest BCUT2D eigenvalue weighted by molar-refractivity contribution is 0.0397. The molecule has 4 nitrogen and oxygen atoms in total. The number of ether oxygens (including phenoxy) is 3. The van der Waals surface area contributed by atoms with E-state index in [9.17, 15) is 0 Å². The van der Waals surface area contributed by atoms with Gasteiger partial charge < -0.3 is 19.5 Å². The van der Waals surface area contributed by atoms with Crippen molar-refractivity contribution in [2.75, 3.05) is 46.7 Å². The molecule has 0 rings (SSSR count). The Bertz CT molecular complexity index is 146. The van der Waals surface area contributed by atoms with Gasteiger partial charge in [0, 0.05) is 32.4 Å². The summed E-state index contributed by atoms with van der Waals surface area (Å²) < 4.78 is 15.7. The normalized spacial score (nSPS) is 12.0. The molecule has 0 fully saturated rings. The van der Waals surface area contributed by atoms with E-state index in [-0.39, 0.29) is 5.54 Å². The molecule has 0 spiro atoms. The first-order valence-corrected chi connectivity index (χ1v) is 5.96. The van der Waals surface area contributed by atoms with Crippen LogP contribution in [0.15, 0.2) is 0 Å². The molecule has 0 saturated carbocycles. The van der Waals surface area contributed by atoms with Crippen LogP contribution in [0.25, 0.3) is 0 Å². The van der Waals surface area contributed by atoms with Crippen LogP contribution in [0.5, 0.6) is 0 Å². The highest BCUT2D eigenvalue weighted by atomic mass is 16.5. The van der Waals surface area contributed by atoms with Gasteiger partial charge >= 0.3 is 0 Å². The number of rotatable bonds is 10. The zero-order valence-electron chi connectivity index (χ0n) is 11.2. The molecule has 0 bridgehead atoms. The minimum absolute atomic E-state index is 0.167. The second kappa shape index (κ2) is 10.0. The average molecular weight is 233 g/mol. The van der Waals surface area contributed by atoms with Gasteiger partial charge in [0.05, 0.1) is 19.8 Å². The Hall–Kier alpha value is -0.160. The molecule has 0 aromatic carbocycles. The van der Waals surface area contributed by atoms with Crippen LogP contribution >= 0.6 is 0 Å². The maximum atomic E-state index is 5.42. The smallest absolute Gasteiger partial charge is 0.0701 e. The summed E-state index contributed by atoms with van der Waals surface area (Å²) in [5.41, 5.74) is 0.167. The average Bonchev–Trinajstić information content (AvgIpc) is 2.19. The summed E-state index contributed by atoms with van der Waals surface area (Å²) in [4.78, 5) is 0. The van der Waals surface area contributed by atoms with Gasteiger partial charge in [-0.25, -0.2) is 0 Å². The molecular weight excluding hydrogens is 206 g/mol. The highest BCUT2D eigenvalue weighted by Gasteiger charge is 2.06. The highest BCUT2D eigenvalue weighted by Crippen LogP contribution is 1.96. The van der Waals surface area contributed by atoms with Gasteiger partial charge in [-0.15, -0.1) is 0 Å². The van der Waals surface area contributed by atoms with Crippen LogP contribution < -0.4 is 5.32 Å². The minimum atomic E-state index is 0.167. The molecule has 4 heteroatoms. The fourth-order valence-corrected chi connectivity index (χ4v) is 1.13. The van der Waals surface area contributed by atoms with Gasteiger partial charge in [0.15, 0.2) is 0 Å². The van der Waals surface area contributed by atoms with Crippen LogP contribution in [0.1, 0.15) is 27.2 Å². The SMILES string of the molecule is COCCCOCCOCCNC(C)(C)C. The fourth-order valence-electron chi connectivity index (χ4n) is 1.13. The Morgan fingerprint density at radius 3 is 2.06 bits per heavy atom. The van der Waals surface area contributed by atoms with Crippen LogP contribution in [0, 0.1) is 0 Å². The topological polar surface area (TPSA) is 39.7 Å². The maximum absolute atomic E-state index is 5.42. The second-order valence-electron chi connectivity index (χ2n) is 4.75. The molecule has 1 N–H and O–H groups in total. The molecule has 0 aliphatic carbocycles. The van der Waals surface area contributed by atoms with Gasteiger partial charge in [0.1, 0.15) is 0 Å². The quantitative estimate of drug-likeness (QED) is 0.580. The summed E-state index contributed by atoms with van der Waals surface area (Å²) in [6, 6.07) is 0. The summed E-state index contributed by atoms with van der Waals surface area (Å²) in [6.45, 7) is 10.9. The molecule has 0 radical (unpaired) electrons. The van der Waals surface area contributed by atoms with E-state index in [2.05, 4.69) is 26.1 Å². The van der Waals surface area contributed by atoms with E-state index in [0.29, 0.717) is 13.2 Å². The first-order valence-electron chi connectivity index (χ1n) is 5.96. The molecule has 0 saturated heterocycles. The van der Waals surface area contributed by atoms with E-state index in [1.54, 1.807) is 7.11 Å². The maximum Gasteiger partial charge on any atom is 0.0701 e. The molecule has 0 aliphatic rings. The van der Waals surface area contributed by atoms with Crippen LogP contribution in [0.3, 0.4) is 0 Å². The van der Waals surface area contributed by atoms with E-state index in [0.717, 1.165) is 32.8 Å². The van der Waals surface area contributed by atoms with Crippen molar-refractivity contribution in [3.63, 3.8) is 0 Å². The van der Waals surface area contributed by atoms with Crippen LogP contribution in [-0.4, -0.2) is 52.2 Å². The predicted molar refractivity (Wildman–Crippen MR) is 65.9 cm³/mol. The number of hydrogen-bond acceptors (Lipinski definition) is 4. The highest BCUT2D eigenvalue weighted by molar-refractivity contribution is 4.69. The van der Waals surface area contributed by atoms with Crippen molar-refractivity contribution in [2.24, 2.45) is 0 Å². The lowest BCUT2D eigenvalue weighted by Crippen LogP contribution is -2.38. The molecule has 0 aromatic rings. The monoisotopic (exact) mass is 233 g/mol. The molecule has 0 atom stereocenters. The Labute approximate surface area is 99.6 Å². The Morgan fingerprint density at radius 1 is 0.875 bits per heavy atom. The molecule has 0 heterocycles.